The molecule has 0 atom stereocenters. The molecule has 8 nitrogen and oxygen atoms in total. The number of methoxy groups -OCH3 is 1. The molecule has 0 unspecified atom stereocenters. The molecule has 132 valence electrons. The third kappa shape index (κ3) is 4.42. The lowest BCUT2D eigenvalue weighted by molar-refractivity contribution is 0.0601. The summed E-state index contributed by atoms with van der Waals surface area (Å²) in [6, 6.07) is 8.56. The number of benzene rings is 1. The van der Waals surface area contributed by atoms with Crippen molar-refractivity contribution in [2.24, 2.45) is 0 Å². The predicted octanol–water partition coefficient (Wildman–Crippen LogP) is 3.06. The van der Waals surface area contributed by atoms with E-state index < -0.39 is 5.97 Å². The van der Waals surface area contributed by atoms with Crippen molar-refractivity contribution in [2.75, 3.05) is 17.7 Å². The molecule has 0 amide bonds. The van der Waals surface area contributed by atoms with Crippen LogP contribution < -0.4 is 10.6 Å². The summed E-state index contributed by atoms with van der Waals surface area (Å²) in [6.07, 6.45) is 4.91. The van der Waals surface area contributed by atoms with E-state index >= 15 is 0 Å². The van der Waals surface area contributed by atoms with Crippen molar-refractivity contribution in [2.45, 2.75) is 6.54 Å². The molecule has 2 N–H and O–H groups in total. The van der Waals surface area contributed by atoms with E-state index in [1.54, 1.807) is 30.6 Å². The predicted molar refractivity (Wildman–Crippen MR) is 97.5 cm³/mol. The van der Waals surface area contributed by atoms with Gasteiger partial charge in [-0.2, -0.15) is 10.1 Å². The van der Waals surface area contributed by atoms with Crippen molar-refractivity contribution in [3.05, 3.63) is 65.1 Å². The summed E-state index contributed by atoms with van der Waals surface area (Å²) in [4.78, 5) is 20.0. The number of halogens is 1. The smallest absolute Gasteiger partial charge is 0.337 e. The summed E-state index contributed by atoms with van der Waals surface area (Å²) in [7, 11) is 1.32. The molecule has 9 heteroatoms. The summed E-state index contributed by atoms with van der Waals surface area (Å²) in [6.45, 7) is 0.511. The zero-order valence-electron chi connectivity index (χ0n) is 13.8. The van der Waals surface area contributed by atoms with Gasteiger partial charge in [0.25, 0.3) is 0 Å². The van der Waals surface area contributed by atoms with Crippen LogP contribution in [0.25, 0.3) is 0 Å². The molecule has 0 aliphatic carbocycles. The van der Waals surface area contributed by atoms with E-state index in [1.165, 1.54) is 13.3 Å². The van der Waals surface area contributed by atoms with Gasteiger partial charge in [-0.3, -0.25) is 4.98 Å². The lowest BCUT2D eigenvalue weighted by atomic mass is 10.2. The van der Waals surface area contributed by atoms with Crippen LogP contribution in [-0.2, 0) is 11.3 Å². The molecule has 1 aromatic carbocycles. The number of pyridine rings is 1. The maximum Gasteiger partial charge on any atom is 0.337 e. The molecule has 2 aromatic heterocycles. The second kappa shape index (κ2) is 8.21. The molecule has 0 fully saturated rings. The minimum Gasteiger partial charge on any atom is -0.465 e. The first-order chi connectivity index (χ1) is 12.7. The highest BCUT2D eigenvalue weighted by Crippen LogP contribution is 2.26. The average Bonchev–Trinajstić information content (AvgIpc) is 2.68. The van der Waals surface area contributed by atoms with E-state index in [-0.39, 0.29) is 0 Å². The van der Waals surface area contributed by atoms with E-state index in [2.05, 4.69) is 30.8 Å². The van der Waals surface area contributed by atoms with Crippen LogP contribution in [0.3, 0.4) is 0 Å². The average molecular weight is 371 g/mol. The summed E-state index contributed by atoms with van der Waals surface area (Å²) in [5, 5.41) is 14.4. The van der Waals surface area contributed by atoms with Gasteiger partial charge in [0.1, 0.15) is 0 Å². The third-order valence-corrected chi connectivity index (χ3v) is 3.71. The third-order valence-electron chi connectivity index (χ3n) is 3.38. The SMILES string of the molecule is COC(=O)c1ccc(Cl)c(Nc2cnnc(NCc3cccnc3)n2)c1. The topological polar surface area (TPSA) is 102 Å². The van der Waals surface area contributed by atoms with Crippen molar-refractivity contribution in [1.29, 1.82) is 0 Å². The minimum absolute atomic E-state index is 0.346. The Bertz CT molecular complexity index is 907. The van der Waals surface area contributed by atoms with Crippen LogP contribution in [0.5, 0.6) is 0 Å². The van der Waals surface area contributed by atoms with Crippen LogP contribution in [0.15, 0.2) is 48.9 Å². The Morgan fingerprint density at radius 1 is 1.27 bits per heavy atom. The van der Waals surface area contributed by atoms with E-state index in [0.29, 0.717) is 34.6 Å². The molecule has 0 aliphatic rings. The van der Waals surface area contributed by atoms with Crippen LogP contribution in [-0.4, -0.2) is 33.2 Å². The van der Waals surface area contributed by atoms with Gasteiger partial charge in [-0.05, 0) is 29.8 Å². The van der Waals surface area contributed by atoms with Gasteiger partial charge in [-0.25, -0.2) is 4.79 Å². The van der Waals surface area contributed by atoms with Gasteiger partial charge in [0, 0.05) is 18.9 Å². The van der Waals surface area contributed by atoms with Crippen molar-refractivity contribution in [3.8, 4) is 0 Å². The zero-order valence-corrected chi connectivity index (χ0v) is 14.6. The monoisotopic (exact) mass is 370 g/mol. The highest BCUT2D eigenvalue weighted by molar-refractivity contribution is 6.33. The van der Waals surface area contributed by atoms with Crippen LogP contribution >= 0.6 is 11.6 Å². The number of carbonyl (C=O) groups is 1. The van der Waals surface area contributed by atoms with Gasteiger partial charge in [0.2, 0.25) is 5.95 Å². The summed E-state index contributed by atoms with van der Waals surface area (Å²) in [5.41, 5.74) is 1.87. The Hall–Kier alpha value is -3.26. The zero-order chi connectivity index (χ0) is 18.4. The van der Waals surface area contributed by atoms with Crippen LogP contribution in [0, 0.1) is 0 Å². The molecule has 0 bridgehead atoms. The first-order valence-electron chi connectivity index (χ1n) is 7.63. The number of hydrogen-bond acceptors (Lipinski definition) is 8. The maximum atomic E-state index is 11.7. The standard InChI is InChI=1S/C17H15ClN6O2/c1-26-16(25)12-4-5-13(18)14(7-12)22-15-10-21-24-17(23-15)20-9-11-3-2-6-19-8-11/h2-8,10H,9H2,1H3,(H2,20,22,23,24). The number of rotatable bonds is 6. The second-order valence-electron chi connectivity index (χ2n) is 5.19. The number of anilines is 3. The Balaban J connectivity index is 1.73. The molecule has 0 radical (unpaired) electrons. The number of carbonyl (C=O) groups excluding carboxylic acids is 1. The fourth-order valence-corrected chi connectivity index (χ4v) is 2.29. The highest BCUT2D eigenvalue weighted by Gasteiger charge is 2.10. The van der Waals surface area contributed by atoms with E-state index in [0.717, 1.165) is 5.56 Å². The van der Waals surface area contributed by atoms with Gasteiger partial charge in [-0.15, -0.1) is 5.10 Å². The largest absolute Gasteiger partial charge is 0.465 e. The molecule has 0 saturated carbocycles. The Morgan fingerprint density at radius 2 is 2.15 bits per heavy atom. The normalized spacial score (nSPS) is 10.2. The van der Waals surface area contributed by atoms with Gasteiger partial charge in [0.05, 0.1) is 29.6 Å². The van der Waals surface area contributed by atoms with Gasteiger partial charge in [-0.1, -0.05) is 17.7 Å². The Labute approximate surface area is 154 Å². The van der Waals surface area contributed by atoms with E-state index in [1.807, 2.05) is 12.1 Å². The summed E-state index contributed by atoms with van der Waals surface area (Å²) >= 11 is 6.17. The van der Waals surface area contributed by atoms with Gasteiger partial charge in [0.15, 0.2) is 5.82 Å². The number of nitrogens with one attached hydrogen (secondary N) is 2. The van der Waals surface area contributed by atoms with Crippen molar-refractivity contribution in [3.63, 3.8) is 0 Å². The van der Waals surface area contributed by atoms with Crippen LogP contribution in [0.2, 0.25) is 5.02 Å². The fraction of sp³-hybridized carbons (Fsp3) is 0.118. The first kappa shape index (κ1) is 17.6. The minimum atomic E-state index is -0.454. The Kier molecular flexibility index (Phi) is 5.55. The van der Waals surface area contributed by atoms with Crippen molar-refractivity contribution in [1.82, 2.24) is 20.2 Å². The number of esters is 1. The Morgan fingerprint density at radius 3 is 2.92 bits per heavy atom. The number of aromatic nitrogens is 4. The van der Waals surface area contributed by atoms with Gasteiger partial charge >= 0.3 is 5.97 Å². The molecule has 0 spiro atoms. The number of hydrogen-bond donors (Lipinski definition) is 2. The van der Waals surface area contributed by atoms with E-state index in [9.17, 15) is 4.79 Å². The molecular weight excluding hydrogens is 356 g/mol. The van der Waals surface area contributed by atoms with Crippen LogP contribution in [0.1, 0.15) is 15.9 Å². The summed E-state index contributed by atoms with van der Waals surface area (Å²) in [5.74, 6) is 0.320. The molecule has 3 rings (SSSR count). The number of ether oxygens (including phenoxy) is 1. The molecule has 26 heavy (non-hydrogen) atoms. The van der Waals surface area contributed by atoms with Crippen molar-refractivity contribution < 1.29 is 9.53 Å². The van der Waals surface area contributed by atoms with E-state index in [4.69, 9.17) is 16.3 Å². The lowest BCUT2D eigenvalue weighted by Gasteiger charge is -2.10. The highest BCUT2D eigenvalue weighted by atomic mass is 35.5. The maximum absolute atomic E-state index is 11.7. The summed E-state index contributed by atoms with van der Waals surface area (Å²) < 4.78 is 4.71. The lowest BCUT2D eigenvalue weighted by Crippen LogP contribution is -2.07. The number of nitrogens with zero attached hydrogens (tertiary/aromatic N) is 4. The fourth-order valence-electron chi connectivity index (χ4n) is 2.13. The first-order valence-corrected chi connectivity index (χ1v) is 8.01. The molecule has 3 aromatic rings. The van der Waals surface area contributed by atoms with Crippen LogP contribution in [0.4, 0.5) is 17.5 Å². The molecule has 0 saturated heterocycles. The quantitative estimate of drug-likeness (QED) is 0.638. The van der Waals surface area contributed by atoms with Crippen molar-refractivity contribution >= 4 is 35.0 Å². The molecular formula is C17H15ClN6O2. The molecule has 0 aliphatic heterocycles. The second-order valence-corrected chi connectivity index (χ2v) is 5.60. The molecule has 2 heterocycles. The van der Waals surface area contributed by atoms with Gasteiger partial charge < -0.3 is 15.4 Å².